The fourth-order valence-corrected chi connectivity index (χ4v) is 5.06. The Labute approximate surface area is 205 Å². The Bertz CT molecular complexity index is 1070. The highest BCUT2D eigenvalue weighted by molar-refractivity contribution is 6.12. The number of hydrogen-bond donors (Lipinski definition) is 3. The molecule has 1 aromatic carbocycles. The van der Waals surface area contributed by atoms with Crippen molar-refractivity contribution in [3.8, 4) is 5.75 Å². The lowest BCUT2D eigenvalue weighted by atomic mass is 9.81. The number of urea groups is 1. The van der Waals surface area contributed by atoms with Crippen molar-refractivity contribution in [2.45, 2.75) is 57.5 Å². The van der Waals surface area contributed by atoms with Crippen molar-refractivity contribution in [3.05, 3.63) is 48.2 Å². The highest BCUT2D eigenvalue weighted by Gasteiger charge is 2.54. The van der Waals surface area contributed by atoms with E-state index in [1.54, 1.807) is 49.7 Å². The number of carbonyl (C=O) groups is 3. The molecule has 2 heterocycles. The number of anilines is 2. The summed E-state index contributed by atoms with van der Waals surface area (Å²) in [5, 5.41) is 5.82. The highest BCUT2D eigenvalue weighted by Crippen LogP contribution is 2.33. The Balaban J connectivity index is 1.50. The molecule has 0 spiro atoms. The van der Waals surface area contributed by atoms with E-state index in [2.05, 4.69) is 15.6 Å². The number of aromatic nitrogens is 1. The topological polar surface area (TPSA) is 127 Å². The van der Waals surface area contributed by atoms with Gasteiger partial charge in [-0.1, -0.05) is 19.3 Å². The van der Waals surface area contributed by atoms with Gasteiger partial charge in [0.2, 0.25) is 11.8 Å². The third-order valence-corrected chi connectivity index (χ3v) is 7.07. The highest BCUT2D eigenvalue weighted by atomic mass is 16.5. The molecule has 4 N–H and O–H groups in total. The number of ether oxygens (including phenoxy) is 1. The molecule has 1 aliphatic heterocycles. The maximum Gasteiger partial charge on any atom is 0.325 e. The first-order valence-electron chi connectivity index (χ1n) is 12.2. The molecule has 1 aliphatic carbocycles. The number of β-lactam (4-membered cyclic amide) rings is 1. The third-order valence-electron chi connectivity index (χ3n) is 7.07. The number of carbonyl (C=O) groups excluding carboxylic acids is 3. The smallest absolute Gasteiger partial charge is 0.325 e. The first kappa shape index (κ1) is 24.5. The first-order valence-corrected chi connectivity index (χ1v) is 12.2. The molecule has 3 atom stereocenters. The number of imide groups is 1. The second kappa shape index (κ2) is 10.8. The molecule has 0 unspecified atom stereocenters. The second-order valence-corrected chi connectivity index (χ2v) is 9.41. The van der Waals surface area contributed by atoms with Gasteiger partial charge in [-0.15, -0.1) is 0 Å². The van der Waals surface area contributed by atoms with Crippen LogP contribution in [0.2, 0.25) is 0 Å². The van der Waals surface area contributed by atoms with Crippen molar-refractivity contribution >= 4 is 29.4 Å². The summed E-state index contributed by atoms with van der Waals surface area (Å²) in [4.78, 5) is 44.6. The summed E-state index contributed by atoms with van der Waals surface area (Å²) >= 11 is 0. The molecule has 4 amide bonds. The monoisotopic (exact) mass is 479 g/mol. The predicted molar refractivity (Wildman–Crippen MR) is 133 cm³/mol. The number of likely N-dealkylation sites (tertiary alicyclic amines) is 1. The summed E-state index contributed by atoms with van der Waals surface area (Å²) in [6, 6.07) is 8.81. The van der Waals surface area contributed by atoms with Crippen LogP contribution in [0.25, 0.3) is 0 Å². The largest absolute Gasteiger partial charge is 0.497 e. The molecule has 1 saturated heterocycles. The van der Waals surface area contributed by atoms with Gasteiger partial charge in [0.1, 0.15) is 17.6 Å². The molecule has 2 aliphatic rings. The van der Waals surface area contributed by atoms with E-state index in [0.29, 0.717) is 23.2 Å². The normalized spacial score (nSPS) is 21.1. The average molecular weight is 480 g/mol. The van der Waals surface area contributed by atoms with Crippen LogP contribution in [0.15, 0.2) is 42.6 Å². The molecule has 2 aromatic rings. The van der Waals surface area contributed by atoms with Crippen LogP contribution >= 0.6 is 0 Å². The van der Waals surface area contributed by atoms with Crippen molar-refractivity contribution in [1.29, 1.82) is 0 Å². The minimum absolute atomic E-state index is 0.0695. The number of nitrogens with one attached hydrogen (secondary N) is 2. The van der Waals surface area contributed by atoms with E-state index < -0.39 is 23.9 Å². The summed E-state index contributed by atoms with van der Waals surface area (Å²) in [7, 11) is 1.56. The Morgan fingerprint density at radius 1 is 1.17 bits per heavy atom. The number of amides is 4. The molecular formula is C26H33N5O4. The molecule has 0 bridgehead atoms. The van der Waals surface area contributed by atoms with Crippen LogP contribution in [0.5, 0.6) is 5.75 Å². The lowest BCUT2D eigenvalue weighted by Gasteiger charge is -2.45. The molecule has 4 rings (SSSR count). The van der Waals surface area contributed by atoms with Crippen LogP contribution in [0, 0.1) is 11.8 Å². The van der Waals surface area contributed by atoms with Crippen LogP contribution in [-0.4, -0.2) is 46.9 Å². The van der Waals surface area contributed by atoms with E-state index in [1.807, 2.05) is 6.92 Å². The molecule has 9 nitrogen and oxygen atoms in total. The van der Waals surface area contributed by atoms with E-state index in [-0.39, 0.29) is 18.4 Å². The fraction of sp³-hybridized carbons (Fsp3) is 0.462. The number of hydrogen-bond acceptors (Lipinski definition) is 6. The van der Waals surface area contributed by atoms with E-state index in [0.717, 1.165) is 36.1 Å². The maximum absolute atomic E-state index is 13.3. The van der Waals surface area contributed by atoms with Crippen LogP contribution in [0.1, 0.15) is 44.6 Å². The molecule has 0 radical (unpaired) electrons. The number of pyridine rings is 1. The zero-order valence-electron chi connectivity index (χ0n) is 20.2. The summed E-state index contributed by atoms with van der Waals surface area (Å²) in [5.41, 5.74) is 7.13. The van der Waals surface area contributed by atoms with Gasteiger partial charge in [0.25, 0.3) is 0 Å². The summed E-state index contributed by atoms with van der Waals surface area (Å²) < 4.78 is 5.16. The molecule has 1 aromatic heterocycles. The van der Waals surface area contributed by atoms with Gasteiger partial charge in [-0.2, -0.15) is 0 Å². The fourth-order valence-electron chi connectivity index (χ4n) is 5.06. The van der Waals surface area contributed by atoms with Crippen LogP contribution < -0.4 is 21.1 Å². The first-order chi connectivity index (χ1) is 16.9. The van der Waals surface area contributed by atoms with Gasteiger partial charge in [0.15, 0.2) is 0 Å². The Morgan fingerprint density at radius 2 is 1.89 bits per heavy atom. The lowest BCUT2D eigenvalue weighted by molar-refractivity contribution is -0.155. The standard InChI is InChI=1S/C26H33N5O4/c1-16(18-6-4-3-5-7-18)29-26(34)31-23(24(32)30-19-8-10-20(35-2)11-9-19)21(25(31)33)14-17-12-13-28-22(27)15-17/h8-13,15-16,18,21,23H,3-7,14H2,1-2H3,(H2,27,28)(H,29,34)(H,30,32)/t16-,21-,23+/m1/s1. The van der Waals surface area contributed by atoms with Crippen LogP contribution in [-0.2, 0) is 16.0 Å². The Morgan fingerprint density at radius 3 is 2.54 bits per heavy atom. The molecule has 35 heavy (non-hydrogen) atoms. The van der Waals surface area contributed by atoms with Gasteiger partial charge < -0.3 is 21.1 Å². The van der Waals surface area contributed by atoms with Gasteiger partial charge in [-0.25, -0.2) is 9.78 Å². The van der Waals surface area contributed by atoms with Gasteiger partial charge in [0.05, 0.1) is 13.0 Å². The summed E-state index contributed by atoms with van der Waals surface area (Å²) in [5.74, 6) is -0.0833. The number of rotatable bonds is 7. The third kappa shape index (κ3) is 5.55. The van der Waals surface area contributed by atoms with E-state index in [9.17, 15) is 14.4 Å². The van der Waals surface area contributed by atoms with Gasteiger partial charge >= 0.3 is 6.03 Å². The molecule has 2 fully saturated rings. The molecular weight excluding hydrogens is 446 g/mol. The van der Waals surface area contributed by atoms with Crippen molar-refractivity contribution in [2.75, 3.05) is 18.2 Å². The van der Waals surface area contributed by atoms with Gasteiger partial charge in [0, 0.05) is 17.9 Å². The van der Waals surface area contributed by atoms with Crippen molar-refractivity contribution in [1.82, 2.24) is 15.2 Å². The van der Waals surface area contributed by atoms with E-state index in [4.69, 9.17) is 10.5 Å². The van der Waals surface area contributed by atoms with E-state index >= 15 is 0 Å². The summed E-state index contributed by atoms with van der Waals surface area (Å²) in [6.45, 7) is 1.97. The average Bonchev–Trinajstić information content (AvgIpc) is 2.86. The molecule has 1 saturated carbocycles. The maximum atomic E-state index is 13.3. The number of nitrogens with two attached hydrogens (primary N) is 1. The Kier molecular flexibility index (Phi) is 7.53. The van der Waals surface area contributed by atoms with Crippen LogP contribution in [0.3, 0.4) is 0 Å². The van der Waals surface area contributed by atoms with Gasteiger partial charge in [-0.3, -0.25) is 14.5 Å². The number of benzene rings is 1. The minimum Gasteiger partial charge on any atom is -0.497 e. The van der Waals surface area contributed by atoms with E-state index in [1.165, 1.54) is 6.42 Å². The second-order valence-electron chi connectivity index (χ2n) is 9.41. The summed E-state index contributed by atoms with van der Waals surface area (Å²) in [6.07, 6.45) is 7.49. The van der Waals surface area contributed by atoms with Crippen molar-refractivity contribution < 1.29 is 19.1 Å². The molecule has 186 valence electrons. The lowest BCUT2D eigenvalue weighted by Crippen LogP contribution is -2.70. The zero-order chi connectivity index (χ0) is 24.9. The van der Waals surface area contributed by atoms with Crippen LogP contribution in [0.4, 0.5) is 16.3 Å². The number of methoxy groups -OCH3 is 1. The number of nitrogens with zero attached hydrogens (tertiary/aromatic N) is 2. The minimum atomic E-state index is -0.933. The zero-order valence-corrected chi connectivity index (χ0v) is 20.2. The predicted octanol–water partition coefficient (Wildman–Crippen LogP) is 3.36. The quantitative estimate of drug-likeness (QED) is 0.523. The number of nitrogen functional groups attached to an aromatic ring is 1. The molecule has 9 heteroatoms. The van der Waals surface area contributed by atoms with Crippen molar-refractivity contribution in [3.63, 3.8) is 0 Å². The Hall–Kier alpha value is -3.62. The SMILES string of the molecule is COc1ccc(NC(=O)[C@@H]2[C@@H](Cc3ccnc(N)c3)C(=O)N2C(=O)N[C@H](C)C2CCCCC2)cc1. The van der Waals surface area contributed by atoms with Crippen molar-refractivity contribution in [2.24, 2.45) is 11.8 Å². The van der Waals surface area contributed by atoms with Gasteiger partial charge in [-0.05, 0) is 74.1 Å².